The molecule has 2 aliphatic heterocycles. The third kappa shape index (κ3) is 3.10. The summed E-state index contributed by atoms with van der Waals surface area (Å²) in [6.45, 7) is 4.11. The molecule has 0 aliphatic carbocycles. The number of amides is 1. The molecule has 0 saturated carbocycles. The lowest BCUT2D eigenvalue weighted by Gasteiger charge is -2.34. The molecule has 0 N–H and O–H groups in total. The largest absolute Gasteiger partial charge is 0.454 e. The number of hydrogen-bond acceptors (Lipinski definition) is 5. The highest BCUT2D eigenvalue weighted by atomic mass is 16.7. The van der Waals surface area contributed by atoms with Crippen molar-refractivity contribution in [2.75, 3.05) is 33.0 Å². The summed E-state index contributed by atoms with van der Waals surface area (Å²) in [5.41, 5.74) is 2.80. The van der Waals surface area contributed by atoms with Crippen LogP contribution in [0.5, 0.6) is 11.5 Å². The van der Waals surface area contributed by atoms with E-state index in [1.165, 1.54) is 0 Å². The monoisotopic (exact) mass is 364 g/mol. The fourth-order valence-electron chi connectivity index (χ4n) is 3.62. The fourth-order valence-corrected chi connectivity index (χ4v) is 3.62. The van der Waals surface area contributed by atoms with Gasteiger partial charge in [0.2, 0.25) is 6.79 Å². The maximum atomic E-state index is 12.8. The van der Waals surface area contributed by atoms with Crippen molar-refractivity contribution in [1.82, 2.24) is 19.4 Å². The molecular formula is C20H20N4O3. The molecule has 27 heavy (non-hydrogen) atoms. The molecule has 2 aromatic heterocycles. The second kappa shape index (κ2) is 6.59. The predicted octanol–water partition coefficient (Wildman–Crippen LogP) is 2.02. The average Bonchev–Trinajstić information content (AvgIpc) is 3.33. The normalized spacial score (nSPS) is 16.8. The standard InChI is InChI=1S/C20H20N4O3/c25-20(15-4-5-18-19(11-15)27-14-26-18)23-9-7-22(8-10-23)13-16-12-17-3-1-2-6-24(17)21-16/h1-6,11-12H,7-10,13-14H2. The molecule has 1 fully saturated rings. The van der Waals surface area contributed by atoms with Crippen LogP contribution in [0.15, 0.2) is 48.7 Å². The van der Waals surface area contributed by atoms with Gasteiger partial charge in [0.1, 0.15) is 0 Å². The van der Waals surface area contributed by atoms with Gasteiger partial charge in [-0.05, 0) is 36.4 Å². The smallest absolute Gasteiger partial charge is 0.254 e. The Labute approximate surface area is 156 Å². The Morgan fingerprint density at radius 1 is 1.00 bits per heavy atom. The molecule has 3 aromatic rings. The van der Waals surface area contributed by atoms with Crippen LogP contribution in [0.3, 0.4) is 0 Å². The number of piperazine rings is 1. The molecule has 2 aliphatic rings. The van der Waals surface area contributed by atoms with E-state index >= 15 is 0 Å². The Morgan fingerprint density at radius 3 is 2.70 bits per heavy atom. The summed E-state index contributed by atoms with van der Waals surface area (Å²) in [6, 6.07) is 13.5. The third-order valence-corrected chi connectivity index (χ3v) is 5.09. The topological polar surface area (TPSA) is 59.3 Å². The Kier molecular flexibility index (Phi) is 3.94. The van der Waals surface area contributed by atoms with E-state index in [1.807, 2.05) is 27.7 Å². The fraction of sp³-hybridized carbons (Fsp3) is 0.300. The maximum Gasteiger partial charge on any atom is 0.254 e. The molecule has 0 spiro atoms. The Balaban J connectivity index is 1.21. The van der Waals surface area contributed by atoms with E-state index in [0.717, 1.165) is 30.8 Å². The molecule has 0 bridgehead atoms. The first kappa shape index (κ1) is 16.1. The van der Waals surface area contributed by atoms with E-state index in [9.17, 15) is 4.79 Å². The number of fused-ring (bicyclic) bond motifs is 2. The van der Waals surface area contributed by atoms with Crippen LogP contribution in [0.25, 0.3) is 5.52 Å². The molecule has 5 rings (SSSR count). The number of carbonyl (C=O) groups excluding carboxylic acids is 1. The van der Waals surface area contributed by atoms with Crippen LogP contribution in [-0.4, -0.2) is 58.3 Å². The maximum absolute atomic E-state index is 12.8. The first-order chi connectivity index (χ1) is 13.3. The van der Waals surface area contributed by atoms with Gasteiger partial charge in [-0.2, -0.15) is 5.10 Å². The number of benzene rings is 1. The summed E-state index contributed by atoms with van der Waals surface area (Å²) in [4.78, 5) is 17.0. The van der Waals surface area contributed by atoms with Crippen molar-refractivity contribution in [2.24, 2.45) is 0 Å². The second-order valence-electron chi connectivity index (χ2n) is 6.84. The molecule has 138 valence electrons. The van der Waals surface area contributed by atoms with Crippen LogP contribution in [0.2, 0.25) is 0 Å². The van der Waals surface area contributed by atoms with E-state index in [-0.39, 0.29) is 12.7 Å². The van der Waals surface area contributed by atoms with E-state index < -0.39 is 0 Å². The van der Waals surface area contributed by atoms with Gasteiger partial charge in [0, 0.05) is 44.5 Å². The van der Waals surface area contributed by atoms with Crippen molar-refractivity contribution < 1.29 is 14.3 Å². The van der Waals surface area contributed by atoms with E-state index in [4.69, 9.17) is 9.47 Å². The highest BCUT2D eigenvalue weighted by molar-refractivity contribution is 5.95. The van der Waals surface area contributed by atoms with E-state index in [2.05, 4.69) is 22.1 Å². The first-order valence-electron chi connectivity index (χ1n) is 9.11. The summed E-state index contributed by atoms with van der Waals surface area (Å²) in [6.07, 6.45) is 1.96. The summed E-state index contributed by atoms with van der Waals surface area (Å²) >= 11 is 0. The van der Waals surface area contributed by atoms with Crippen molar-refractivity contribution >= 4 is 11.4 Å². The lowest BCUT2D eigenvalue weighted by atomic mass is 10.1. The predicted molar refractivity (Wildman–Crippen MR) is 98.9 cm³/mol. The SMILES string of the molecule is O=C(c1ccc2c(c1)OCO2)N1CCN(Cc2cc3ccccn3n2)CC1. The molecular weight excluding hydrogens is 344 g/mol. The number of rotatable bonds is 3. The minimum Gasteiger partial charge on any atom is -0.454 e. The zero-order valence-corrected chi connectivity index (χ0v) is 14.9. The Bertz CT molecular complexity index is 959. The minimum absolute atomic E-state index is 0.0423. The Hall–Kier alpha value is -3.06. The minimum atomic E-state index is 0.0423. The van der Waals surface area contributed by atoms with Crippen LogP contribution in [-0.2, 0) is 6.54 Å². The number of nitrogens with zero attached hydrogens (tertiary/aromatic N) is 4. The molecule has 0 radical (unpaired) electrons. The summed E-state index contributed by atoms with van der Waals surface area (Å²) in [5.74, 6) is 1.39. The van der Waals surface area contributed by atoms with E-state index in [1.54, 1.807) is 18.2 Å². The molecule has 0 unspecified atom stereocenters. The summed E-state index contributed by atoms with van der Waals surface area (Å²) < 4.78 is 12.6. The second-order valence-corrected chi connectivity index (χ2v) is 6.84. The van der Waals surface area contributed by atoms with Gasteiger partial charge in [0.25, 0.3) is 5.91 Å². The average molecular weight is 364 g/mol. The number of aromatic nitrogens is 2. The van der Waals surface area contributed by atoms with Crippen molar-refractivity contribution in [3.05, 3.63) is 59.9 Å². The summed E-state index contributed by atoms with van der Waals surface area (Å²) in [7, 11) is 0. The van der Waals surface area contributed by atoms with Gasteiger partial charge >= 0.3 is 0 Å². The molecule has 7 heteroatoms. The molecule has 1 amide bonds. The zero-order valence-electron chi connectivity index (χ0n) is 14.9. The van der Waals surface area contributed by atoms with Crippen LogP contribution in [0, 0.1) is 0 Å². The number of ether oxygens (including phenoxy) is 2. The first-order valence-corrected chi connectivity index (χ1v) is 9.11. The quantitative estimate of drug-likeness (QED) is 0.712. The Morgan fingerprint density at radius 2 is 1.85 bits per heavy atom. The lowest BCUT2D eigenvalue weighted by Crippen LogP contribution is -2.48. The summed E-state index contributed by atoms with van der Waals surface area (Å²) in [5, 5.41) is 4.61. The van der Waals surface area contributed by atoms with Gasteiger partial charge in [-0.1, -0.05) is 6.07 Å². The molecule has 7 nitrogen and oxygen atoms in total. The van der Waals surface area contributed by atoms with Gasteiger partial charge in [-0.3, -0.25) is 9.69 Å². The van der Waals surface area contributed by atoms with Crippen molar-refractivity contribution in [2.45, 2.75) is 6.54 Å². The van der Waals surface area contributed by atoms with Crippen LogP contribution < -0.4 is 9.47 Å². The number of hydrogen-bond donors (Lipinski definition) is 0. The van der Waals surface area contributed by atoms with Crippen molar-refractivity contribution in [1.29, 1.82) is 0 Å². The number of pyridine rings is 1. The van der Waals surface area contributed by atoms with Gasteiger partial charge in [0.05, 0.1) is 11.2 Å². The van der Waals surface area contributed by atoms with Gasteiger partial charge < -0.3 is 14.4 Å². The molecule has 4 heterocycles. The highest BCUT2D eigenvalue weighted by Gasteiger charge is 2.24. The van der Waals surface area contributed by atoms with Crippen molar-refractivity contribution in [3.8, 4) is 11.5 Å². The molecule has 0 atom stereocenters. The molecule has 1 saturated heterocycles. The van der Waals surface area contributed by atoms with E-state index in [0.29, 0.717) is 30.2 Å². The van der Waals surface area contributed by atoms with Gasteiger partial charge in [0.15, 0.2) is 11.5 Å². The lowest BCUT2D eigenvalue weighted by molar-refractivity contribution is 0.0626. The van der Waals surface area contributed by atoms with Gasteiger partial charge in [-0.15, -0.1) is 0 Å². The highest BCUT2D eigenvalue weighted by Crippen LogP contribution is 2.32. The van der Waals surface area contributed by atoms with Gasteiger partial charge in [-0.25, -0.2) is 4.52 Å². The van der Waals surface area contributed by atoms with Crippen LogP contribution in [0.1, 0.15) is 16.1 Å². The number of carbonyl (C=O) groups is 1. The zero-order chi connectivity index (χ0) is 18.2. The third-order valence-electron chi connectivity index (χ3n) is 5.09. The van der Waals surface area contributed by atoms with Crippen molar-refractivity contribution in [3.63, 3.8) is 0 Å². The molecule has 1 aromatic carbocycles. The van der Waals surface area contributed by atoms with Crippen LogP contribution >= 0.6 is 0 Å². The van der Waals surface area contributed by atoms with Crippen LogP contribution in [0.4, 0.5) is 0 Å².